The third kappa shape index (κ3) is 3.05. The molecule has 3 aromatic carbocycles. The summed E-state index contributed by atoms with van der Waals surface area (Å²) in [6, 6.07) is 34.3. The summed E-state index contributed by atoms with van der Waals surface area (Å²) in [5, 5.41) is 0.0938. The van der Waals surface area contributed by atoms with Crippen LogP contribution in [0.3, 0.4) is 0 Å². The molecule has 0 spiro atoms. The molecule has 2 nitrogen and oxygen atoms in total. The third-order valence-corrected chi connectivity index (χ3v) is 14.6. The number of furan rings is 1. The second-order valence-electron chi connectivity index (χ2n) is 6.75. The van der Waals surface area contributed by atoms with E-state index in [0.717, 1.165) is 15.9 Å². The molecule has 0 saturated heterocycles. The van der Waals surface area contributed by atoms with E-state index in [9.17, 15) is 4.79 Å². The number of carbonyl (C=O) groups excluding carboxylic acids is 1. The Morgan fingerprint density at radius 3 is 1.46 bits per heavy atom. The summed E-state index contributed by atoms with van der Waals surface area (Å²) in [7, 11) is 0. The molecule has 0 aliphatic carbocycles. The fraction of sp³-hybridized carbons (Fsp3) is 0.0417. The van der Waals surface area contributed by atoms with E-state index >= 15 is 0 Å². The number of benzene rings is 3. The zero-order valence-electron chi connectivity index (χ0n) is 15.2. The second kappa shape index (κ2) is 7.50. The Bertz CT molecular complexity index is 962. The van der Waals surface area contributed by atoms with Gasteiger partial charge in [0.25, 0.3) is 0 Å². The number of carbonyl (C=O) groups is 1. The van der Waals surface area contributed by atoms with Crippen molar-refractivity contribution in [2.24, 2.45) is 0 Å². The first-order valence-electron chi connectivity index (χ1n) is 9.09. The molecule has 0 N–H and O–H groups in total. The van der Waals surface area contributed by atoms with Gasteiger partial charge in [-0.2, -0.15) is 0 Å². The van der Waals surface area contributed by atoms with Gasteiger partial charge in [-0.3, -0.25) is 0 Å². The molecule has 4 rings (SSSR count). The molecule has 0 aliphatic heterocycles. The van der Waals surface area contributed by atoms with E-state index in [2.05, 4.69) is 51.9 Å². The van der Waals surface area contributed by atoms with Crippen LogP contribution in [0.4, 0.5) is 0 Å². The fourth-order valence-electron chi connectivity index (χ4n) is 3.72. The summed E-state index contributed by atoms with van der Waals surface area (Å²) >= 11 is 4.27. The molecule has 28 heavy (non-hydrogen) atoms. The van der Waals surface area contributed by atoms with Crippen LogP contribution in [-0.4, -0.2) is 11.9 Å². The van der Waals surface area contributed by atoms with E-state index in [1.165, 1.54) is 0 Å². The number of Topliss-reactive ketones (excluding diaryl/α,β-unsaturated/α-hetero) is 1. The van der Waals surface area contributed by atoms with Gasteiger partial charge in [0.1, 0.15) is 0 Å². The minimum atomic E-state index is -3.26. The first-order valence-corrected chi connectivity index (χ1v) is 13.5. The molecule has 0 aliphatic rings. The van der Waals surface area contributed by atoms with E-state index in [0.29, 0.717) is 11.9 Å². The summed E-state index contributed by atoms with van der Waals surface area (Å²) < 4.78 is 5.44. The maximum atomic E-state index is 13.4. The van der Waals surface area contributed by atoms with Gasteiger partial charge in [-0.05, 0) is 0 Å². The predicted molar refractivity (Wildman–Crippen MR) is 122 cm³/mol. The summed E-state index contributed by atoms with van der Waals surface area (Å²) in [5.74, 6) is 0.368. The van der Waals surface area contributed by atoms with E-state index < -0.39 is 5.31 Å². The average molecular weight is 451 g/mol. The van der Waals surface area contributed by atoms with Crippen molar-refractivity contribution in [3.63, 3.8) is 0 Å². The second-order valence-corrected chi connectivity index (χ2v) is 15.7. The molecule has 1 heterocycles. The molecular weight excluding hydrogens is 431 g/mol. The van der Waals surface area contributed by atoms with Crippen LogP contribution in [-0.2, 0) is 0 Å². The van der Waals surface area contributed by atoms with Crippen LogP contribution in [0.15, 0.2) is 114 Å². The number of ketones is 1. The van der Waals surface area contributed by atoms with Gasteiger partial charge in [0.05, 0.1) is 0 Å². The van der Waals surface area contributed by atoms with Crippen LogP contribution in [0.25, 0.3) is 0 Å². The summed E-state index contributed by atoms with van der Waals surface area (Å²) in [4.78, 5) is 13.4. The van der Waals surface area contributed by atoms with E-state index in [1.807, 2.05) is 54.6 Å². The molecule has 0 radical (unpaired) electrons. The normalized spacial score (nSPS) is 12.8. The first kappa shape index (κ1) is 18.9. The Balaban J connectivity index is 2.05. The minimum absolute atomic E-state index is 0.0175. The standard InChI is InChI=1S/C24H20BrO2P/c25-28(20-11-4-1-5-12-20,21-13-6-2-7-14-21,22-15-8-3-9-16-22)19-23(26)24-17-10-18-27-24/h1-18H,19H2. The zero-order valence-corrected chi connectivity index (χ0v) is 17.7. The van der Waals surface area contributed by atoms with Gasteiger partial charge in [0.2, 0.25) is 0 Å². The Morgan fingerprint density at radius 1 is 0.679 bits per heavy atom. The molecule has 0 saturated carbocycles. The van der Waals surface area contributed by atoms with Crippen molar-refractivity contribution in [1.29, 1.82) is 0 Å². The van der Waals surface area contributed by atoms with Crippen LogP contribution in [0.2, 0.25) is 0 Å². The van der Waals surface area contributed by atoms with Gasteiger partial charge in [0.15, 0.2) is 0 Å². The molecule has 0 unspecified atom stereocenters. The van der Waals surface area contributed by atoms with Crippen molar-refractivity contribution in [3.05, 3.63) is 115 Å². The molecule has 1 aromatic heterocycles. The van der Waals surface area contributed by atoms with Crippen LogP contribution < -0.4 is 15.9 Å². The van der Waals surface area contributed by atoms with Gasteiger partial charge in [-0.1, -0.05) is 0 Å². The van der Waals surface area contributed by atoms with E-state index in [4.69, 9.17) is 4.42 Å². The number of hydrogen-bond acceptors (Lipinski definition) is 2. The first-order chi connectivity index (χ1) is 13.6. The topological polar surface area (TPSA) is 30.2 Å². The van der Waals surface area contributed by atoms with Gasteiger partial charge < -0.3 is 0 Å². The van der Waals surface area contributed by atoms with Crippen molar-refractivity contribution in [1.82, 2.24) is 0 Å². The van der Waals surface area contributed by atoms with Crippen molar-refractivity contribution in [2.75, 3.05) is 6.16 Å². The van der Waals surface area contributed by atoms with E-state index in [1.54, 1.807) is 18.4 Å². The fourth-order valence-corrected chi connectivity index (χ4v) is 11.1. The quantitative estimate of drug-likeness (QED) is 0.294. The van der Waals surface area contributed by atoms with Crippen LogP contribution in [0.5, 0.6) is 0 Å². The van der Waals surface area contributed by atoms with Crippen molar-refractivity contribution in [3.8, 4) is 0 Å². The summed E-state index contributed by atoms with van der Waals surface area (Å²) in [6.07, 6.45) is 1.85. The summed E-state index contributed by atoms with van der Waals surface area (Å²) in [5.41, 5.74) is 0. The molecular formula is C24H20BrO2P. The predicted octanol–water partition coefficient (Wildman–Crippen LogP) is 5.30. The van der Waals surface area contributed by atoms with Crippen LogP contribution in [0.1, 0.15) is 10.6 Å². The Kier molecular flexibility index (Phi) is 5.05. The zero-order chi connectivity index (χ0) is 19.5. The van der Waals surface area contributed by atoms with Crippen LogP contribution in [0, 0.1) is 0 Å². The molecule has 0 bridgehead atoms. The number of halogens is 1. The Hall–Kier alpha value is -2.48. The molecule has 0 amide bonds. The van der Waals surface area contributed by atoms with Crippen molar-refractivity contribution >= 4 is 42.5 Å². The molecule has 4 aromatic rings. The SMILES string of the molecule is O=C(CP(Br)(c1ccccc1)(c1ccccc1)c1ccccc1)c1ccco1. The van der Waals surface area contributed by atoms with Gasteiger partial charge in [-0.25, -0.2) is 0 Å². The molecule has 0 atom stereocenters. The molecule has 0 fully saturated rings. The van der Waals surface area contributed by atoms with Gasteiger partial charge >= 0.3 is 173 Å². The maximum absolute atomic E-state index is 13.4. The van der Waals surface area contributed by atoms with Gasteiger partial charge in [0, 0.05) is 0 Å². The average Bonchev–Trinajstić information content (AvgIpc) is 3.31. The van der Waals surface area contributed by atoms with Crippen LogP contribution >= 0.6 is 20.8 Å². The molecule has 4 heteroatoms. The van der Waals surface area contributed by atoms with Crippen molar-refractivity contribution < 1.29 is 9.21 Å². The van der Waals surface area contributed by atoms with E-state index in [-0.39, 0.29) is 5.78 Å². The third-order valence-electron chi connectivity index (χ3n) is 5.12. The Morgan fingerprint density at radius 2 is 1.11 bits per heavy atom. The monoisotopic (exact) mass is 450 g/mol. The summed E-state index contributed by atoms with van der Waals surface area (Å²) in [6.45, 7) is 0. The Labute approximate surface area is 172 Å². The number of rotatable bonds is 6. The molecule has 140 valence electrons. The van der Waals surface area contributed by atoms with Crippen molar-refractivity contribution in [2.45, 2.75) is 0 Å². The number of hydrogen-bond donors (Lipinski definition) is 0. The van der Waals surface area contributed by atoms with Gasteiger partial charge in [-0.15, -0.1) is 0 Å².